The largest absolute Gasteiger partial charge is 0.496 e. The van der Waals surface area contributed by atoms with Crippen molar-refractivity contribution in [3.05, 3.63) is 40.5 Å². The fourth-order valence-electron chi connectivity index (χ4n) is 5.54. The van der Waals surface area contributed by atoms with Gasteiger partial charge in [-0.1, -0.05) is 22.6 Å². The molecule has 2 unspecified atom stereocenters. The fourth-order valence-corrected chi connectivity index (χ4v) is 5.54. The maximum atomic E-state index is 13.2. The predicted molar refractivity (Wildman–Crippen MR) is 155 cm³/mol. The van der Waals surface area contributed by atoms with Gasteiger partial charge in [-0.25, -0.2) is 0 Å². The standard InChI is InChI=1S/C25H20B7N3O5/c26-18-16(19(27)21(29)17(20(18)28)25(31,32)34-6-8-39-9-7-34)22(30)40-14-3-1-2-11-12(14)10-35(24(11)38)13-4-5-15(36)33-23(13)37/h1-3,13,22H,4-10H2,(H,33,36,37). The Labute approximate surface area is 242 Å². The van der Waals surface area contributed by atoms with Gasteiger partial charge < -0.3 is 19.3 Å². The number of imide groups is 1. The summed E-state index contributed by atoms with van der Waals surface area (Å²) < 4.78 is 11.4. The lowest BCUT2D eigenvalue weighted by Crippen LogP contribution is -2.60. The van der Waals surface area contributed by atoms with E-state index < -0.39 is 23.3 Å². The van der Waals surface area contributed by atoms with Crippen molar-refractivity contribution in [2.45, 2.75) is 36.8 Å². The molecule has 14 radical (unpaired) electrons. The van der Waals surface area contributed by atoms with E-state index >= 15 is 0 Å². The zero-order valence-corrected chi connectivity index (χ0v) is 21.8. The van der Waals surface area contributed by atoms with Crippen LogP contribution >= 0.6 is 0 Å². The molecule has 3 aliphatic rings. The van der Waals surface area contributed by atoms with E-state index in [9.17, 15) is 14.4 Å². The normalized spacial score (nSPS) is 20.8. The zero-order valence-electron chi connectivity index (χ0n) is 21.8. The summed E-state index contributed by atoms with van der Waals surface area (Å²) in [5.41, 5.74) is 1.26. The van der Waals surface area contributed by atoms with Crippen molar-refractivity contribution in [1.82, 2.24) is 15.1 Å². The average molecular weight is 518 g/mol. The van der Waals surface area contributed by atoms with Gasteiger partial charge in [-0.05, 0) is 29.5 Å². The van der Waals surface area contributed by atoms with Gasteiger partial charge in [0.2, 0.25) is 11.8 Å². The number of nitrogens with one attached hydrogen (secondary N) is 1. The molecule has 0 saturated carbocycles. The van der Waals surface area contributed by atoms with Crippen LogP contribution < -0.4 is 31.9 Å². The van der Waals surface area contributed by atoms with Crippen LogP contribution in [0, 0.1) is 0 Å². The third-order valence-electron chi connectivity index (χ3n) is 7.71. The lowest BCUT2D eigenvalue weighted by molar-refractivity contribution is -0.136. The van der Waals surface area contributed by atoms with Crippen LogP contribution in [0.25, 0.3) is 0 Å². The smallest absolute Gasteiger partial charge is 0.255 e. The van der Waals surface area contributed by atoms with Crippen LogP contribution in [0.4, 0.5) is 0 Å². The van der Waals surface area contributed by atoms with Gasteiger partial charge in [-0.3, -0.25) is 19.7 Å². The number of hydrogen-bond acceptors (Lipinski definition) is 6. The van der Waals surface area contributed by atoms with Crippen LogP contribution in [0.5, 0.6) is 5.75 Å². The van der Waals surface area contributed by atoms with Crippen LogP contribution in [0.3, 0.4) is 0 Å². The Kier molecular flexibility index (Phi) is 7.83. The van der Waals surface area contributed by atoms with Gasteiger partial charge in [0.1, 0.15) is 51.0 Å². The highest BCUT2D eigenvalue weighted by Gasteiger charge is 2.40. The van der Waals surface area contributed by atoms with E-state index in [0.717, 1.165) is 0 Å². The second-order valence-corrected chi connectivity index (χ2v) is 10.1. The summed E-state index contributed by atoms with van der Waals surface area (Å²) in [6.45, 7) is 1.85. The number of carbonyl (C=O) groups is 3. The van der Waals surface area contributed by atoms with Crippen molar-refractivity contribution < 1.29 is 23.9 Å². The van der Waals surface area contributed by atoms with Crippen LogP contribution in [-0.2, 0) is 26.2 Å². The van der Waals surface area contributed by atoms with E-state index in [0.29, 0.717) is 37.4 Å². The van der Waals surface area contributed by atoms with E-state index in [4.69, 9.17) is 64.4 Å². The molecule has 3 amide bonds. The third kappa shape index (κ3) is 4.85. The van der Waals surface area contributed by atoms with Crippen LogP contribution in [-0.4, -0.2) is 115 Å². The molecule has 0 aliphatic carbocycles. The predicted octanol–water partition coefficient (Wildman–Crippen LogP) is -4.35. The monoisotopic (exact) mass is 519 g/mol. The SMILES string of the molecule is [B]c1c([B])c(C([B])([B])N2CCOCC2)c([B])c([B])c1C([B])Oc1cccc2c1CN(C1CCC(=O)NC1=O)C2=O. The van der Waals surface area contributed by atoms with Crippen molar-refractivity contribution in [3.8, 4) is 5.75 Å². The number of hydrogen-bond donors (Lipinski definition) is 1. The van der Waals surface area contributed by atoms with E-state index in [1.165, 1.54) is 4.90 Å². The number of fused-ring (bicyclic) bond motifs is 1. The number of amides is 3. The first-order valence-corrected chi connectivity index (χ1v) is 12.8. The first kappa shape index (κ1) is 28.7. The Morgan fingerprint density at radius 3 is 2.27 bits per heavy atom. The summed E-state index contributed by atoms with van der Waals surface area (Å²) in [6, 6.07) is 2.87. The Morgan fingerprint density at radius 1 is 1.00 bits per heavy atom. The number of carbonyl (C=O) groups excluding carboxylic acids is 3. The summed E-state index contributed by atoms with van der Waals surface area (Å²) in [5, 5.41) is 0.700. The number of benzene rings is 2. The molecule has 2 atom stereocenters. The highest BCUT2D eigenvalue weighted by Crippen LogP contribution is 2.35. The average Bonchev–Trinajstić information content (AvgIpc) is 3.25. The molecule has 2 fully saturated rings. The lowest BCUT2D eigenvalue weighted by atomic mass is 9.49. The van der Waals surface area contributed by atoms with Crippen LogP contribution in [0.15, 0.2) is 18.2 Å². The Morgan fingerprint density at radius 2 is 1.65 bits per heavy atom. The summed E-state index contributed by atoms with van der Waals surface area (Å²) in [4.78, 5) is 40.3. The van der Waals surface area contributed by atoms with E-state index in [2.05, 4.69) is 5.32 Å². The fraction of sp³-hybridized carbons (Fsp3) is 0.400. The highest BCUT2D eigenvalue weighted by molar-refractivity contribution is 6.60. The van der Waals surface area contributed by atoms with Gasteiger partial charge in [0.05, 0.1) is 41.5 Å². The number of piperidine rings is 1. The Hall–Kier alpha value is -2.78. The number of ether oxygens (including phenoxy) is 2. The molecule has 3 heterocycles. The van der Waals surface area contributed by atoms with E-state index in [1.54, 1.807) is 23.1 Å². The minimum absolute atomic E-state index is 0.0107. The van der Waals surface area contributed by atoms with Crippen molar-refractivity contribution >= 4 is 94.5 Å². The molecule has 0 spiro atoms. The van der Waals surface area contributed by atoms with Crippen LogP contribution in [0.2, 0.25) is 0 Å². The molecule has 2 saturated heterocycles. The zero-order chi connectivity index (χ0) is 28.9. The summed E-state index contributed by atoms with van der Waals surface area (Å²) >= 11 is 0. The second kappa shape index (κ2) is 10.9. The molecule has 15 heteroatoms. The minimum Gasteiger partial charge on any atom is -0.496 e. The first-order valence-electron chi connectivity index (χ1n) is 12.8. The molecule has 8 nitrogen and oxygen atoms in total. The maximum absolute atomic E-state index is 13.2. The summed E-state index contributed by atoms with van der Waals surface area (Å²) in [7, 11) is 45.1. The third-order valence-corrected chi connectivity index (χ3v) is 7.71. The minimum atomic E-state index is -1.58. The van der Waals surface area contributed by atoms with Gasteiger partial charge in [0.15, 0.2) is 0 Å². The Bertz CT molecular complexity index is 1370. The highest BCUT2D eigenvalue weighted by atomic mass is 16.5. The van der Waals surface area contributed by atoms with Gasteiger partial charge in [0, 0.05) is 30.6 Å². The molecule has 3 aliphatic heterocycles. The van der Waals surface area contributed by atoms with Crippen LogP contribution in [0.1, 0.15) is 45.9 Å². The summed E-state index contributed by atoms with van der Waals surface area (Å²) in [6.07, 6.45) is 0.368. The number of nitrogens with zero attached hydrogens (tertiary/aromatic N) is 2. The van der Waals surface area contributed by atoms with Gasteiger partial charge in [-0.2, -0.15) is 0 Å². The van der Waals surface area contributed by atoms with Gasteiger partial charge in [-0.15, -0.1) is 10.9 Å². The molecule has 0 bridgehead atoms. The first-order chi connectivity index (χ1) is 18.9. The Balaban J connectivity index is 1.44. The molecule has 186 valence electrons. The lowest BCUT2D eigenvalue weighted by Gasteiger charge is -2.45. The van der Waals surface area contributed by atoms with E-state index in [-0.39, 0.29) is 69.9 Å². The van der Waals surface area contributed by atoms with Crippen molar-refractivity contribution in [1.29, 1.82) is 0 Å². The van der Waals surface area contributed by atoms with E-state index in [1.807, 2.05) is 0 Å². The van der Waals surface area contributed by atoms with Crippen molar-refractivity contribution in [3.63, 3.8) is 0 Å². The quantitative estimate of drug-likeness (QED) is 0.308. The van der Waals surface area contributed by atoms with Gasteiger partial charge >= 0.3 is 0 Å². The molecule has 2 aromatic rings. The molecule has 0 aromatic heterocycles. The molecule has 5 rings (SSSR count). The topological polar surface area (TPSA) is 88.2 Å². The second-order valence-electron chi connectivity index (χ2n) is 10.1. The molecular weight excluding hydrogens is 498 g/mol. The molecule has 40 heavy (non-hydrogen) atoms. The molecular formula is C25H20B7N3O5. The number of rotatable bonds is 6. The number of morpholine rings is 1. The summed E-state index contributed by atoms with van der Waals surface area (Å²) in [5.74, 6) is -0.957. The maximum Gasteiger partial charge on any atom is 0.255 e. The van der Waals surface area contributed by atoms with Crippen molar-refractivity contribution in [2.24, 2.45) is 0 Å². The molecule has 2 aromatic carbocycles. The van der Waals surface area contributed by atoms with Crippen molar-refractivity contribution in [2.75, 3.05) is 26.3 Å². The molecule has 1 N–H and O–H groups in total. The van der Waals surface area contributed by atoms with Gasteiger partial charge in [0.25, 0.3) is 5.91 Å².